The Bertz CT molecular complexity index is 1230. The van der Waals surface area contributed by atoms with Gasteiger partial charge in [-0.05, 0) is 41.2 Å². The minimum Gasteiger partial charge on any atom is -0.508 e. The number of nitrogens with one attached hydrogen (secondary N) is 1. The molecule has 4 atom stereocenters. The van der Waals surface area contributed by atoms with Gasteiger partial charge in [0.1, 0.15) is 17.8 Å². The highest BCUT2D eigenvalue weighted by atomic mass is 35.5. The van der Waals surface area contributed by atoms with Crippen molar-refractivity contribution < 1.29 is 19.5 Å². The number of rotatable bonds is 13. The number of hydrogen-bond acceptors (Lipinski definition) is 5. The maximum absolute atomic E-state index is 14.2. The monoisotopic (exact) mass is 566 g/mol. The van der Waals surface area contributed by atoms with Crippen LogP contribution in [-0.2, 0) is 33.8 Å². The van der Waals surface area contributed by atoms with Crippen LogP contribution in [0.25, 0.3) is 0 Å². The Hall–Kier alpha value is -3.88. The average Bonchev–Trinajstić information content (AvgIpc) is 2.93. The van der Waals surface area contributed by atoms with Gasteiger partial charge < -0.3 is 26.8 Å². The van der Waals surface area contributed by atoms with E-state index in [9.17, 15) is 19.5 Å². The van der Waals surface area contributed by atoms with Crippen molar-refractivity contribution in [2.45, 2.75) is 57.8 Å². The summed E-state index contributed by atoms with van der Waals surface area (Å²) in [5.74, 6) is -1.64. The minimum atomic E-state index is -1.02. The van der Waals surface area contributed by atoms with Gasteiger partial charge in [0.15, 0.2) is 0 Å². The smallest absolute Gasteiger partial charge is 0.246 e. The van der Waals surface area contributed by atoms with Crippen molar-refractivity contribution in [1.82, 2.24) is 10.2 Å². The molecular formula is C31H39ClN4O4. The first-order chi connectivity index (χ1) is 18.7. The highest BCUT2D eigenvalue weighted by molar-refractivity contribution is 5.93. The summed E-state index contributed by atoms with van der Waals surface area (Å²) >= 11 is 0. The van der Waals surface area contributed by atoms with Gasteiger partial charge in [-0.3, -0.25) is 14.4 Å². The largest absolute Gasteiger partial charge is 0.508 e. The lowest BCUT2D eigenvalue weighted by molar-refractivity contribution is -0.145. The van der Waals surface area contributed by atoms with E-state index < -0.39 is 35.8 Å². The van der Waals surface area contributed by atoms with E-state index in [2.05, 4.69) is 5.32 Å². The van der Waals surface area contributed by atoms with Crippen LogP contribution < -0.4 is 16.8 Å². The fourth-order valence-corrected chi connectivity index (χ4v) is 4.57. The molecule has 0 unspecified atom stereocenters. The zero-order chi connectivity index (χ0) is 28.4. The van der Waals surface area contributed by atoms with Crippen molar-refractivity contribution in [2.24, 2.45) is 17.4 Å². The van der Waals surface area contributed by atoms with E-state index in [1.807, 2.05) is 74.5 Å². The lowest BCUT2D eigenvalue weighted by atomic mass is 9.94. The molecule has 0 aliphatic carbocycles. The fourth-order valence-electron chi connectivity index (χ4n) is 4.57. The Balaban J connectivity index is 0.00000560. The number of aromatic hydroxyl groups is 1. The molecule has 3 aromatic carbocycles. The van der Waals surface area contributed by atoms with Crippen molar-refractivity contribution in [3.63, 3.8) is 0 Å². The molecule has 8 nitrogen and oxygen atoms in total. The summed E-state index contributed by atoms with van der Waals surface area (Å²) in [6, 6.07) is 22.4. The van der Waals surface area contributed by atoms with Crippen LogP contribution >= 0.6 is 12.4 Å². The van der Waals surface area contributed by atoms with Gasteiger partial charge in [0.05, 0.1) is 6.04 Å². The predicted molar refractivity (Wildman–Crippen MR) is 159 cm³/mol. The number of halogens is 1. The summed E-state index contributed by atoms with van der Waals surface area (Å²) < 4.78 is 0. The predicted octanol–water partition coefficient (Wildman–Crippen LogP) is 3.34. The molecule has 0 saturated heterocycles. The normalized spacial score (nSPS) is 13.7. The maximum Gasteiger partial charge on any atom is 0.246 e. The van der Waals surface area contributed by atoms with Crippen LogP contribution in [-0.4, -0.2) is 45.9 Å². The van der Waals surface area contributed by atoms with Gasteiger partial charge in [-0.15, -0.1) is 12.4 Å². The highest BCUT2D eigenvalue weighted by Crippen LogP contribution is 2.21. The fraction of sp³-hybridized carbons (Fsp3) is 0.323. The van der Waals surface area contributed by atoms with Crippen molar-refractivity contribution in [3.05, 3.63) is 102 Å². The average molecular weight is 567 g/mol. The van der Waals surface area contributed by atoms with Crippen LogP contribution in [0.15, 0.2) is 84.9 Å². The SMILES string of the molecule is CC[C@H](C)[C@@H](C(N)=O)N(Cc1ccccc1)C(=O)[C@H](Cc1ccc(O)cc1)NC(=O)[C@@H](N)Cc1ccccc1.Cl. The van der Waals surface area contributed by atoms with Gasteiger partial charge in [-0.1, -0.05) is 93.1 Å². The topological polar surface area (TPSA) is 139 Å². The van der Waals surface area contributed by atoms with Gasteiger partial charge in [-0.2, -0.15) is 0 Å². The number of nitrogens with two attached hydrogens (primary N) is 2. The molecule has 0 aromatic heterocycles. The van der Waals surface area contributed by atoms with Gasteiger partial charge in [-0.25, -0.2) is 0 Å². The van der Waals surface area contributed by atoms with E-state index in [-0.39, 0.29) is 37.0 Å². The number of benzene rings is 3. The van der Waals surface area contributed by atoms with Crippen LogP contribution in [0.1, 0.15) is 37.0 Å². The third-order valence-corrected chi connectivity index (χ3v) is 6.92. The van der Waals surface area contributed by atoms with Gasteiger partial charge in [0, 0.05) is 13.0 Å². The van der Waals surface area contributed by atoms with Gasteiger partial charge in [0.25, 0.3) is 0 Å². The van der Waals surface area contributed by atoms with E-state index in [1.54, 1.807) is 12.1 Å². The van der Waals surface area contributed by atoms with E-state index in [1.165, 1.54) is 17.0 Å². The quantitative estimate of drug-likeness (QED) is 0.251. The number of phenols is 1. The second-order valence-electron chi connectivity index (χ2n) is 9.91. The molecule has 214 valence electrons. The minimum absolute atomic E-state index is 0. The Morgan fingerprint density at radius 1 is 0.850 bits per heavy atom. The van der Waals surface area contributed by atoms with E-state index in [4.69, 9.17) is 11.5 Å². The summed E-state index contributed by atoms with van der Waals surface area (Å²) in [4.78, 5) is 41.6. The molecule has 0 bridgehead atoms. The molecule has 0 heterocycles. The third-order valence-electron chi connectivity index (χ3n) is 6.92. The molecule has 0 fully saturated rings. The van der Waals surface area contributed by atoms with Crippen molar-refractivity contribution >= 4 is 30.1 Å². The summed E-state index contributed by atoms with van der Waals surface area (Å²) in [7, 11) is 0. The molecule has 6 N–H and O–H groups in total. The second-order valence-corrected chi connectivity index (χ2v) is 9.91. The number of primary amides is 1. The molecule has 3 aromatic rings. The Labute approximate surface area is 242 Å². The zero-order valence-electron chi connectivity index (χ0n) is 22.9. The van der Waals surface area contributed by atoms with Crippen molar-refractivity contribution in [1.29, 1.82) is 0 Å². The number of hydrogen-bond donors (Lipinski definition) is 4. The molecule has 0 aliphatic rings. The zero-order valence-corrected chi connectivity index (χ0v) is 23.7. The van der Waals surface area contributed by atoms with E-state index >= 15 is 0 Å². The van der Waals surface area contributed by atoms with Crippen LogP contribution in [0.3, 0.4) is 0 Å². The van der Waals surface area contributed by atoms with Crippen LogP contribution in [0, 0.1) is 5.92 Å². The molecule has 0 spiro atoms. The first-order valence-electron chi connectivity index (χ1n) is 13.2. The van der Waals surface area contributed by atoms with Crippen molar-refractivity contribution in [2.75, 3.05) is 0 Å². The maximum atomic E-state index is 14.2. The Morgan fingerprint density at radius 3 is 1.90 bits per heavy atom. The van der Waals surface area contributed by atoms with Crippen LogP contribution in [0.2, 0.25) is 0 Å². The van der Waals surface area contributed by atoms with Gasteiger partial charge in [0.2, 0.25) is 17.7 Å². The molecular weight excluding hydrogens is 528 g/mol. The molecule has 3 rings (SSSR count). The molecule has 0 radical (unpaired) electrons. The number of phenolic OH excluding ortho intramolecular Hbond substituents is 1. The first kappa shape index (κ1) is 32.3. The lowest BCUT2D eigenvalue weighted by Gasteiger charge is -2.36. The van der Waals surface area contributed by atoms with Gasteiger partial charge >= 0.3 is 0 Å². The van der Waals surface area contributed by atoms with E-state index in [0.29, 0.717) is 12.8 Å². The number of carbonyl (C=O) groups is 3. The first-order valence-corrected chi connectivity index (χ1v) is 13.2. The Kier molecular flexibility index (Phi) is 12.6. The number of amides is 3. The lowest BCUT2D eigenvalue weighted by Crippen LogP contribution is -2.58. The molecule has 3 amide bonds. The van der Waals surface area contributed by atoms with Crippen molar-refractivity contribution in [3.8, 4) is 5.75 Å². The number of nitrogens with zero attached hydrogens (tertiary/aromatic N) is 1. The molecule has 40 heavy (non-hydrogen) atoms. The standard InChI is InChI=1S/C31H38N4O4.ClH/c1-3-21(2)28(29(33)37)35(20-24-12-8-5-9-13-24)31(39)27(19-23-14-16-25(36)17-15-23)34-30(38)26(32)18-22-10-6-4-7-11-22;/h4-17,21,26-28,36H,3,18-20,32H2,1-2H3,(H2,33,37)(H,34,38);1H/t21-,26-,27-,28-;/m0./s1. The Morgan fingerprint density at radius 2 is 1.38 bits per heavy atom. The van der Waals surface area contributed by atoms with Crippen LogP contribution in [0.4, 0.5) is 0 Å². The number of carbonyl (C=O) groups excluding carboxylic acids is 3. The molecule has 0 aliphatic heterocycles. The molecule has 0 saturated carbocycles. The molecule has 9 heteroatoms. The second kappa shape index (κ2) is 15.6. The van der Waals surface area contributed by atoms with Crippen LogP contribution in [0.5, 0.6) is 5.75 Å². The summed E-state index contributed by atoms with van der Waals surface area (Å²) in [6.45, 7) is 3.96. The highest BCUT2D eigenvalue weighted by Gasteiger charge is 2.36. The summed E-state index contributed by atoms with van der Waals surface area (Å²) in [5, 5.41) is 12.6. The summed E-state index contributed by atoms with van der Waals surface area (Å²) in [6.07, 6.45) is 1.07. The third kappa shape index (κ3) is 9.10. The summed E-state index contributed by atoms with van der Waals surface area (Å²) in [5.41, 5.74) is 14.5. The van der Waals surface area contributed by atoms with E-state index in [0.717, 1.165) is 16.7 Å².